The molecule has 1 aromatic rings. The van der Waals surface area contributed by atoms with Crippen LogP contribution in [0.5, 0.6) is 5.75 Å². The van der Waals surface area contributed by atoms with Crippen LogP contribution in [0.2, 0.25) is 0 Å². The molecule has 0 saturated heterocycles. The minimum absolute atomic E-state index is 0.0410. The summed E-state index contributed by atoms with van der Waals surface area (Å²) in [5.74, 6) is -1.92. The molecule has 142 valence electrons. The molecular formula is C18H23NO7. The molecule has 0 aliphatic rings. The van der Waals surface area contributed by atoms with Gasteiger partial charge in [0, 0.05) is 6.07 Å². The third-order valence-corrected chi connectivity index (χ3v) is 3.18. The molecule has 0 heterocycles. The van der Waals surface area contributed by atoms with Crippen LogP contribution in [0.1, 0.15) is 39.5 Å². The first-order valence-corrected chi connectivity index (χ1v) is 8.45. The number of ether oxygens (including phenoxy) is 3. The van der Waals surface area contributed by atoms with E-state index in [0.29, 0.717) is 12.8 Å². The number of nitro benzene ring substituents is 1. The van der Waals surface area contributed by atoms with Crippen LogP contribution in [0, 0.1) is 10.1 Å². The van der Waals surface area contributed by atoms with Gasteiger partial charge >= 0.3 is 11.9 Å². The molecular weight excluding hydrogens is 342 g/mol. The molecule has 0 unspecified atom stereocenters. The van der Waals surface area contributed by atoms with Crippen molar-refractivity contribution in [1.82, 2.24) is 0 Å². The Labute approximate surface area is 151 Å². The van der Waals surface area contributed by atoms with Crippen LogP contribution >= 0.6 is 0 Å². The van der Waals surface area contributed by atoms with Crippen molar-refractivity contribution in [2.45, 2.75) is 39.5 Å². The number of carbonyl (C=O) groups is 2. The fraction of sp³-hybridized carbons (Fsp3) is 0.444. The predicted octanol–water partition coefficient (Wildman–Crippen LogP) is 3.54. The van der Waals surface area contributed by atoms with Crippen molar-refractivity contribution in [3.8, 4) is 5.75 Å². The fourth-order valence-corrected chi connectivity index (χ4v) is 1.76. The topological polar surface area (TPSA) is 105 Å². The summed E-state index contributed by atoms with van der Waals surface area (Å²) in [7, 11) is 0. The molecule has 0 fully saturated rings. The quantitative estimate of drug-likeness (QED) is 0.147. The maximum Gasteiger partial charge on any atom is 0.374 e. The second kappa shape index (κ2) is 11.6. The van der Waals surface area contributed by atoms with Gasteiger partial charge in [-0.1, -0.05) is 32.8 Å². The number of unbranched alkanes of at least 4 members (excludes halogenated alkanes) is 2. The van der Waals surface area contributed by atoms with Gasteiger partial charge in [-0.15, -0.1) is 0 Å². The molecule has 0 N–H and O–H groups in total. The lowest BCUT2D eigenvalue weighted by Crippen LogP contribution is -2.16. The summed E-state index contributed by atoms with van der Waals surface area (Å²) in [5, 5.41) is 10.8. The van der Waals surface area contributed by atoms with Crippen LogP contribution < -0.4 is 4.74 Å². The smallest absolute Gasteiger partial charge is 0.374 e. The number of carbonyl (C=O) groups excluding carboxylic acids is 2. The summed E-state index contributed by atoms with van der Waals surface area (Å²) in [4.78, 5) is 34.2. The van der Waals surface area contributed by atoms with E-state index in [-0.39, 0.29) is 30.4 Å². The van der Waals surface area contributed by atoms with E-state index in [1.54, 1.807) is 0 Å². The molecule has 8 nitrogen and oxygen atoms in total. The first kappa shape index (κ1) is 21.1. The Hall–Kier alpha value is -2.90. The van der Waals surface area contributed by atoms with E-state index in [9.17, 15) is 19.7 Å². The summed E-state index contributed by atoms with van der Waals surface area (Å²) < 4.78 is 15.4. The number of benzene rings is 1. The van der Waals surface area contributed by atoms with E-state index < -0.39 is 16.9 Å². The third kappa shape index (κ3) is 7.78. The number of hydrogen-bond donors (Lipinski definition) is 0. The van der Waals surface area contributed by atoms with Crippen molar-refractivity contribution >= 4 is 17.6 Å². The zero-order chi connectivity index (χ0) is 19.4. The largest absolute Gasteiger partial charge is 0.462 e. The zero-order valence-corrected chi connectivity index (χ0v) is 14.9. The van der Waals surface area contributed by atoms with Gasteiger partial charge < -0.3 is 14.2 Å². The number of non-ortho nitro benzene ring substituents is 1. The van der Waals surface area contributed by atoms with E-state index in [4.69, 9.17) is 14.2 Å². The Bertz CT molecular complexity index is 655. The first-order chi connectivity index (χ1) is 12.5. The van der Waals surface area contributed by atoms with E-state index in [1.807, 2.05) is 13.8 Å². The summed E-state index contributed by atoms with van der Waals surface area (Å²) in [6, 6.07) is 5.28. The number of nitrogens with zero attached hydrogens (tertiary/aromatic N) is 1. The van der Waals surface area contributed by atoms with E-state index in [0.717, 1.165) is 25.0 Å². The Balaban J connectivity index is 2.92. The second-order valence-electron chi connectivity index (χ2n) is 5.38. The standard InChI is InChI=1S/C18H23NO7/c1-3-5-10-24-17(20)13-16(18(21)25-11-6-4-2)26-15-9-7-8-14(12-15)19(22)23/h7-9,12-13H,3-6,10-11H2,1-2H3/b16-13-. The number of esters is 2. The van der Waals surface area contributed by atoms with Crippen molar-refractivity contribution < 1.29 is 28.7 Å². The molecule has 8 heteroatoms. The molecule has 0 radical (unpaired) electrons. The maximum atomic E-state index is 12.1. The number of nitro groups is 1. The van der Waals surface area contributed by atoms with Gasteiger partial charge in [-0.2, -0.15) is 0 Å². The Morgan fingerprint density at radius 3 is 2.38 bits per heavy atom. The number of hydrogen-bond acceptors (Lipinski definition) is 7. The monoisotopic (exact) mass is 365 g/mol. The Morgan fingerprint density at radius 2 is 1.77 bits per heavy atom. The van der Waals surface area contributed by atoms with Crippen LogP contribution in [0.4, 0.5) is 5.69 Å². The van der Waals surface area contributed by atoms with Crippen molar-refractivity contribution in [2.24, 2.45) is 0 Å². The van der Waals surface area contributed by atoms with Crippen molar-refractivity contribution in [1.29, 1.82) is 0 Å². The van der Waals surface area contributed by atoms with E-state index in [1.165, 1.54) is 18.2 Å². The second-order valence-corrected chi connectivity index (χ2v) is 5.38. The lowest BCUT2D eigenvalue weighted by atomic mass is 10.3. The molecule has 0 aliphatic carbocycles. The fourth-order valence-electron chi connectivity index (χ4n) is 1.76. The molecule has 0 saturated carbocycles. The normalized spacial score (nSPS) is 10.9. The third-order valence-electron chi connectivity index (χ3n) is 3.18. The lowest BCUT2D eigenvalue weighted by molar-refractivity contribution is -0.384. The highest BCUT2D eigenvalue weighted by Gasteiger charge is 2.18. The molecule has 0 aromatic heterocycles. The molecule has 1 rings (SSSR count). The summed E-state index contributed by atoms with van der Waals surface area (Å²) in [5.41, 5.74) is -0.202. The van der Waals surface area contributed by atoms with E-state index in [2.05, 4.69) is 0 Å². The highest BCUT2D eigenvalue weighted by atomic mass is 16.6. The van der Waals surface area contributed by atoms with Gasteiger partial charge in [-0.3, -0.25) is 10.1 Å². The number of rotatable bonds is 11. The average molecular weight is 365 g/mol. The van der Waals surface area contributed by atoms with E-state index >= 15 is 0 Å². The zero-order valence-electron chi connectivity index (χ0n) is 14.9. The van der Waals surface area contributed by atoms with Crippen molar-refractivity contribution in [2.75, 3.05) is 13.2 Å². The SMILES string of the molecule is CCCCOC(=O)/C=C(\Oc1cccc([N+](=O)[O-])c1)C(=O)OCCCC. The van der Waals surface area contributed by atoms with Gasteiger partial charge in [0.25, 0.3) is 5.69 Å². The summed E-state index contributed by atoms with van der Waals surface area (Å²) >= 11 is 0. The van der Waals surface area contributed by atoms with Gasteiger partial charge in [0.2, 0.25) is 5.76 Å². The minimum atomic E-state index is -0.836. The molecule has 0 atom stereocenters. The highest BCUT2D eigenvalue weighted by molar-refractivity contribution is 5.95. The molecule has 26 heavy (non-hydrogen) atoms. The minimum Gasteiger partial charge on any atom is -0.462 e. The van der Waals surface area contributed by atoms with Gasteiger partial charge in [0.1, 0.15) is 5.75 Å². The van der Waals surface area contributed by atoms with Gasteiger partial charge in [0.15, 0.2) is 0 Å². The van der Waals surface area contributed by atoms with Gasteiger partial charge in [-0.25, -0.2) is 9.59 Å². The molecule has 0 aliphatic heterocycles. The molecule has 0 amide bonds. The first-order valence-electron chi connectivity index (χ1n) is 8.45. The van der Waals surface area contributed by atoms with Crippen LogP contribution in [0.15, 0.2) is 36.1 Å². The lowest BCUT2D eigenvalue weighted by Gasteiger charge is -2.10. The van der Waals surface area contributed by atoms with Crippen LogP contribution in [0.25, 0.3) is 0 Å². The molecule has 0 spiro atoms. The average Bonchev–Trinajstić information content (AvgIpc) is 2.61. The van der Waals surface area contributed by atoms with Crippen LogP contribution in [0.3, 0.4) is 0 Å². The van der Waals surface area contributed by atoms with Crippen molar-refractivity contribution in [3.63, 3.8) is 0 Å². The molecule has 0 bridgehead atoms. The summed E-state index contributed by atoms with van der Waals surface area (Å²) in [6.45, 7) is 4.29. The summed E-state index contributed by atoms with van der Waals surface area (Å²) in [6.07, 6.45) is 3.94. The van der Waals surface area contributed by atoms with Gasteiger partial charge in [-0.05, 0) is 18.9 Å². The van der Waals surface area contributed by atoms with Crippen LogP contribution in [-0.4, -0.2) is 30.1 Å². The Kier molecular flexibility index (Phi) is 9.45. The van der Waals surface area contributed by atoms with Crippen LogP contribution in [-0.2, 0) is 19.1 Å². The van der Waals surface area contributed by atoms with Crippen molar-refractivity contribution in [3.05, 3.63) is 46.2 Å². The predicted molar refractivity (Wildman–Crippen MR) is 93.5 cm³/mol. The maximum absolute atomic E-state index is 12.1. The van der Waals surface area contributed by atoms with Gasteiger partial charge in [0.05, 0.1) is 30.3 Å². The molecule has 1 aromatic carbocycles. The Morgan fingerprint density at radius 1 is 1.12 bits per heavy atom. The highest BCUT2D eigenvalue weighted by Crippen LogP contribution is 2.21.